The minimum Gasteiger partial charge on any atom is -0.483 e. The Kier molecular flexibility index (Phi) is 10.7. The average Bonchev–Trinajstić information content (AvgIpc) is 2.79. The van der Waals surface area contributed by atoms with Crippen molar-refractivity contribution in [1.29, 1.82) is 0 Å². The van der Waals surface area contributed by atoms with Gasteiger partial charge in [-0.1, -0.05) is 64.1 Å². The lowest BCUT2D eigenvalue weighted by molar-refractivity contribution is -0.142. The number of nitrogens with one attached hydrogen (secondary N) is 1. The zero-order chi connectivity index (χ0) is 23.5. The molecule has 0 aliphatic carbocycles. The summed E-state index contributed by atoms with van der Waals surface area (Å²) in [5.74, 6) is 0.717. The van der Waals surface area contributed by atoms with E-state index in [-0.39, 0.29) is 18.4 Å². The Morgan fingerprint density at radius 2 is 1.81 bits per heavy atom. The van der Waals surface area contributed by atoms with Crippen LogP contribution < -0.4 is 10.1 Å². The molecule has 0 radical (unpaired) electrons. The minimum absolute atomic E-state index is 0.113. The van der Waals surface area contributed by atoms with Crippen LogP contribution in [-0.2, 0) is 16.0 Å². The molecule has 6 heteroatoms. The summed E-state index contributed by atoms with van der Waals surface area (Å²) in [6.45, 7) is 9.14. The van der Waals surface area contributed by atoms with Crippen molar-refractivity contribution in [3.8, 4) is 5.75 Å². The van der Waals surface area contributed by atoms with Crippen molar-refractivity contribution in [3.05, 3.63) is 64.1 Å². The summed E-state index contributed by atoms with van der Waals surface area (Å²) in [5.41, 5.74) is 2.32. The fourth-order valence-corrected chi connectivity index (χ4v) is 3.99. The van der Waals surface area contributed by atoms with Gasteiger partial charge in [-0.3, -0.25) is 9.59 Å². The molecule has 2 amide bonds. The van der Waals surface area contributed by atoms with Gasteiger partial charge in [0.05, 0.1) is 4.47 Å². The Morgan fingerprint density at radius 1 is 1.09 bits per heavy atom. The van der Waals surface area contributed by atoms with Crippen molar-refractivity contribution in [1.82, 2.24) is 10.2 Å². The first-order chi connectivity index (χ1) is 15.4. The fourth-order valence-electron chi connectivity index (χ4n) is 3.48. The lowest BCUT2D eigenvalue weighted by atomic mass is 10.0. The third-order valence-corrected chi connectivity index (χ3v) is 6.01. The molecular weight excluding hydrogens is 468 g/mol. The van der Waals surface area contributed by atoms with Gasteiger partial charge < -0.3 is 15.0 Å². The summed E-state index contributed by atoms with van der Waals surface area (Å²) in [5, 5.41) is 2.94. The van der Waals surface area contributed by atoms with Crippen LogP contribution in [0.4, 0.5) is 0 Å². The van der Waals surface area contributed by atoms with Crippen LogP contribution in [0.25, 0.3) is 0 Å². The smallest absolute Gasteiger partial charge is 0.261 e. The van der Waals surface area contributed by atoms with E-state index in [1.54, 1.807) is 4.90 Å². The van der Waals surface area contributed by atoms with Crippen molar-refractivity contribution < 1.29 is 14.3 Å². The third kappa shape index (κ3) is 7.66. The number of hydrogen-bond acceptors (Lipinski definition) is 3. The number of carbonyl (C=O) groups excluding carboxylic acids is 2. The summed E-state index contributed by atoms with van der Waals surface area (Å²) < 4.78 is 6.67. The lowest BCUT2D eigenvalue weighted by Gasteiger charge is -2.30. The van der Waals surface area contributed by atoms with Gasteiger partial charge in [0.1, 0.15) is 11.8 Å². The van der Waals surface area contributed by atoms with Crippen LogP contribution in [0.5, 0.6) is 5.75 Å². The highest BCUT2D eigenvalue weighted by Gasteiger charge is 2.28. The summed E-state index contributed by atoms with van der Waals surface area (Å²) >= 11 is 3.54. The van der Waals surface area contributed by atoms with Gasteiger partial charge in [-0.05, 0) is 64.4 Å². The summed E-state index contributed by atoms with van der Waals surface area (Å²) in [6.07, 6.45) is 2.07. The minimum atomic E-state index is -0.520. The SMILES string of the molecule is CCCNC(=O)[C@H](CC)N(CCc1ccccc1)C(=O)COc1ccc(C(C)C)cc1Br. The van der Waals surface area contributed by atoms with Crippen LogP contribution in [0.2, 0.25) is 0 Å². The normalized spacial score (nSPS) is 11.8. The fraction of sp³-hybridized carbons (Fsp3) is 0.462. The lowest BCUT2D eigenvalue weighted by Crippen LogP contribution is -2.51. The van der Waals surface area contributed by atoms with Gasteiger partial charge in [0.25, 0.3) is 5.91 Å². The molecule has 0 aliphatic heterocycles. The van der Waals surface area contributed by atoms with E-state index < -0.39 is 6.04 Å². The highest BCUT2D eigenvalue weighted by atomic mass is 79.9. The van der Waals surface area contributed by atoms with Gasteiger partial charge in [0, 0.05) is 13.1 Å². The number of hydrogen-bond donors (Lipinski definition) is 1. The van der Waals surface area contributed by atoms with Crippen molar-refractivity contribution in [2.24, 2.45) is 0 Å². The van der Waals surface area contributed by atoms with E-state index in [1.807, 2.05) is 62.4 Å². The first-order valence-electron chi connectivity index (χ1n) is 11.4. The van der Waals surface area contributed by atoms with Crippen LogP contribution in [-0.4, -0.2) is 42.5 Å². The molecule has 2 aromatic rings. The monoisotopic (exact) mass is 502 g/mol. The summed E-state index contributed by atoms with van der Waals surface area (Å²) in [4.78, 5) is 27.6. The second-order valence-corrected chi connectivity index (χ2v) is 9.03. The molecule has 174 valence electrons. The third-order valence-electron chi connectivity index (χ3n) is 5.39. The van der Waals surface area contributed by atoms with Crippen molar-refractivity contribution in [2.45, 2.75) is 58.9 Å². The molecule has 0 unspecified atom stereocenters. The molecule has 0 aromatic heterocycles. The molecular formula is C26H35BrN2O3. The zero-order valence-electron chi connectivity index (χ0n) is 19.6. The van der Waals surface area contributed by atoms with Crippen LogP contribution in [0.3, 0.4) is 0 Å². The van der Waals surface area contributed by atoms with Crippen molar-refractivity contribution in [3.63, 3.8) is 0 Å². The van der Waals surface area contributed by atoms with Gasteiger partial charge in [-0.25, -0.2) is 0 Å². The molecule has 0 saturated heterocycles. The molecule has 0 heterocycles. The number of nitrogens with zero attached hydrogens (tertiary/aromatic N) is 1. The number of rotatable bonds is 12. The van der Waals surface area contributed by atoms with Crippen LogP contribution in [0.1, 0.15) is 57.6 Å². The highest BCUT2D eigenvalue weighted by molar-refractivity contribution is 9.10. The summed E-state index contributed by atoms with van der Waals surface area (Å²) in [6, 6.07) is 15.4. The number of halogens is 1. The first kappa shape index (κ1) is 25.9. The van der Waals surface area contributed by atoms with Gasteiger partial charge in [-0.2, -0.15) is 0 Å². The Labute approximate surface area is 200 Å². The summed E-state index contributed by atoms with van der Waals surface area (Å²) in [7, 11) is 0. The molecule has 2 aromatic carbocycles. The topological polar surface area (TPSA) is 58.6 Å². The Balaban J connectivity index is 2.13. The average molecular weight is 503 g/mol. The number of amides is 2. The predicted molar refractivity (Wildman–Crippen MR) is 133 cm³/mol. The molecule has 0 spiro atoms. The molecule has 1 atom stereocenters. The van der Waals surface area contributed by atoms with E-state index in [0.29, 0.717) is 37.6 Å². The second-order valence-electron chi connectivity index (χ2n) is 8.17. The van der Waals surface area contributed by atoms with Crippen molar-refractivity contribution in [2.75, 3.05) is 19.7 Å². The van der Waals surface area contributed by atoms with Gasteiger partial charge in [-0.15, -0.1) is 0 Å². The van der Waals surface area contributed by atoms with Crippen LogP contribution in [0.15, 0.2) is 53.0 Å². The standard InChI is InChI=1S/C26H35BrN2O3/c1-5-15-28-26(31)23(6-2)29(16-14-20-10-8-7-9-11-20)25(30)18-32-24-13-12-21(19(3)4)17-22(24)27/h7-13,17,19,23H,5-6,14-16,18H2,1-4H3,(H,28,31)/t23-/m0/s1. The molecule has 32 heavy (non-hydrogen) atoms. The van der Waals surface area contributed by atoms with E-state index in [4.69, 9.17) is 4.74 Å². The number of benzene rings is 2. The molecule has 0 bridgehead atoms. The maximum atomic E-state index is 13.2. The highest BCUT2D eigenvalue weighted by Crippen LogP contribution is 2.29. The Morgan fingerprint density at radius 3 is 2.41 bits per heavy atom. The van der Waals surface area contributed by atoms with E-state index >= 15 is 0 Å². The number of carbonyl (C=O) groups is 2. The van der Waals surface area contributed by atoms with E-state index in [9.17, 15) is 9.59 Å². The quantitative estimate of drug-likeness (QED) is 0.426. The Bertz CT molecular complexity index is 871. The van der Waals surface area contributed by atoms with Gasteiger partial charge in [0.2, 0.25) is 5.91 Å². The molecule has 0 aliphatic rings. The van der Waals surface area contributed by atoms with Gasteiger partial charge in [0.15, 0.2) is 6.61 Å². The van der Waals surface area contributed by atoms with Crippen LogP contribution >= 0.6 is 15.9 Å². The van der Waals surface area contributed by atoms with E-state index in [0.717, 1.165) is 16.5 Å². The molecule has 2 rings (SSSR count). The Hall–Kier alpha value is -2.34. The van der Waals surface area contributed by atoms with E-state index in [2.05, 4.69) is 35.1 Å². The van der Waals surface area contributed by atoms with Crippen molar-refractivity contribution >= 4 is 27.7 Å². The maximum absolute atomic E-state index is 13.2. The zero-order valence-corrected chi connectivity index (χ0v) is 21.2. The van der Waals surface area contributed by atoms with Crippen LogP contribution in [0, 0.1) is 0 Å². The maximum Gasteiger partial charge on any atom is 0.261 e. The largest absolute Gasteiger partial charge is 0.483 e. The predicted octanol–water partition coefficient (Wildman–Crippen LogP) is 5.33. The van der Waals surface area contributed by atoms with E-state index in [1.165, 1.54) is 5.56 Å². The number of ether oxygens (including phenoxy) is 1. The molecule has 5 nitrogen and oxygen atoms in total. The molecule has 1 N–H and O–H groups in total. The molecule has 0 saturated carbocycles. The molecule has 0 fully saturated rings. The van der Waals surface area contributed by atoms with Gasteiger partial charge >= 0.3 is 0 Å². The second kappa shape index (κ2) is 13.3. The first-order valence-corrected chi connectivity index (χ1v) is 12.2.